The van der Waals surface area contributed by atoms with Crippen LogP contribution in [0.2, 0.25) is 0 Å². The fourth-order valence-electron chi connectivity index (χ4n) is 4.55. The number of fused-ring (bicyclic) bond motifs is 2. The monoisotopic (exact) mass is 418 g/mol. The molecule has 0 radical (unpaired) electrons. The Hall–Kier alpha value is -2.96. The molecular weight excluding hydrogens is 388 g/mol. The van der Waals surface area contributed by atoms with Gasteiger partial charge in [0.15, 0.2) is 5.88 Å². The lowest BCUT2D eigenvalue weighted by Gasteiger charge is -2.33. The number of aromatic hydroxyl groups is 1. The quantitative estimate of drug-likeness (QED) is 0.389. The molecule has 0 aliphatic carbocycles. The first-order chi connectivity index (χ1) is 15.2. The van der Waals surface area contributed by atoms with Crippen LogP contribution in [0.1, 0.15) is 13.3 Å². The van der Waals surface area contributed by atoms with Crippen LogP contribution in [0.25, 0.3) is 32.9 Å². The molecule has 4 aromatic rings. The van der Waals surface area contributed by atoms with E-state index >= 15 is 0 Å². The van der Waals surface area contributed by atoms with E-state index in [2.05, 4.69) is 44.9 Å². The molecule has 0 bridgehead atoms. The number of likely N-dealkylation sites (N-methyl/N-ethyl adjacent to an activating group) is 1. The molecule has 5 rings (SSSR count). The topological polar surface area (TPSA) is 67.5 Å². The maximum Gasteiger partial charge on any atom is 0.197 e. The van der Waals surface area contributed by atoms with Crippen molar-refractivity contribution in [1.29, 1.82) is 0 Å². The molecule has 3 N–H and O–H groups in total. The Kier molecular flexibility index (Phi) is 5.57. The summed E-state index contributed by atoms with van der Waals surface area (Å²) in [7, 11) is 0. The zero-order chi connectivity index (χ0) is 21.2. The highest BCUT2D eigenvalue weighted by molar-refractivity contribution is 6.01. The SMILES string of the molecule is CCN1CCN(CCCOc2ccc3[nH]c(-c4cccc5c[nH]c(O)c45)cc3c2)CC1. The summed E-state index contributed by atoms with van der Waals surface area (Å²) in [5.41, 5.74) is 3.03. The van der Waals surface area contributed by atoms with Gasteiger partial charge in [-0.25, -0.2) is 0 Å². The summed E-state index contributed by atoms with van der Waals surface area (Å²) >= 11 is 0. The van der Waals surface area contributed by atoms with Crippen molar-refractivity contribution < 1.29 is 9.84 Å². The van der Waals surface area contributed by atoms with E-state index in [1.807, 2.05) is 30.5 Å². The average molecular weight is 419 g/mol. The second-order valence-corrected chi connectivity index (χ2v) is 8.32. The van der Waals surface area contributed by atoms with Crippen LogP contribution in [-0.4, -0.2) is 70.7 Å². The van der Waals surface area contributed by atoms with Gasteiger partial charge in [-0.15, -0.1) is 0 Å². The molecule has 162 valence electrons. The van der Waals surface area contributed by atoms with Crippen LogP contribution in [0.5, 0.6) is 11.6 Å². The van der Waals surface area contributed by atoms with Crippen molar-refractivity contribution in [2.45, 2.75) is 13.3 Å². The Morgan fingerprint density at radius 2 is 1.84 bits per heavy atom. The van der Waals surface area contributed by atoms with Crippen LogP contribution >= 0.6 is 0 Å². The van der Waals surface area contributed by atoms with E-state index in [0.717, 1.165) is 77.9 Å². The van der Waals surface area contributed by atoms with E-state index in [0.29, 0.717) is 0 Å². The number of benzene rings is 2. The second kappa shape index (κ2) is 8.65. The fraction of sp³-hybridized carbons (Fsp3) is 0.360. The number of ether oxygens (including phenoxy) is 1. The first kappa shape index (κ1) is 20.0. The molecule has 0 spiro atoms. The van der Waals surface area contributed by atoms with Gasteiger partial charge in [0, 0.05) is 66.5 Å². The van der Waals surface area contributed by atoms with Crippen LogP contribution in [0.3, 0.4) is 0 Å². The second-order valence-electron chi connectivity index (χ2n) is 8.32. The standard InChI is InChI=1S/C25H30N4O2/c1-2-28-10-12-29(13-11-28)9-4-14-31-20-7-8-22-19(15-20)16-23(27-22)21-6-3-5-18-17-26-25(30)24(18)21/h3,5-8,15-17,26-27,30H,2,4,9-14H2,1H3. The van der Waals surface area contributed by atoms with Gasteiger partial charge in [-0.2, -0.15) is 0 Å². The lowest BCUT2D eigenvalue weighted by molar-refractivity contribution is 0.130. The third-order valence-corrected chi connectivity index (χ3v) is 6.38. The Bertz CT molecular complexity index is 1170. The van der Waals surface area contributed by atoms with Gasteiger partial charge >= 0.3 is 0 Å². The summed E-state index contributed by atoms with van der Waals surface area (Å²) in [6.45, 7) is 9.90. The number of aromatic amines is 2. The molecule has 2 aromatic heterocycles. The van der Waals surface area contributed by atoms with E-state index in [-0.39, 0.29) is 5.88 Å². The summed E-state index contributed by atoms with van der Waals surface area (Å²) in [5.74, 6) is 1.10. The van der Waals surface area contributed by atoms with Crippen LogP contribution < -0.4 is 4.74 Å². The van der Waals surface area contributed by atoms with Crippen molar-refractivity contribution in [3.63, 3.8) is 0 Å². The van der Waals surface area contributed by atoms with Gasteiger partial charge in [-0.05, 0) is 37.2 Å². The lowest BCUT2D eigenvalue weighted by atomic mass is 10.1. The molecule has 1 aliphatic heterocycles. The van der Waals surface area contributed by atoms with Crippen LogP contribution in [0.4, 0.5) is 0 Å². The molecule has 1 aliphatic rings. The number of H-pyrrole nitrogens is 2. The van der Waals surface area contributed by atoms with E-state index in [4.69, 9.17) is 4.74 Å². The summed E-state index contributed by atoms with van der Waals surface area (Å²) in [6.07, 6.45) is 2.86. The molecule has 6 nitrogen and oxygen atoms in total. The Labute approximate surface area is 182 Å². The molecule has 1 saturated heterocycles. The Morgan fingerprint density at radius 3 is 2.68 bits per heavy atom. The third-order valence-electron chi connectivity index (χ3n) is 6.38. The maximum atomic E-state index is 10.2. The van der Waals surface area contributed by atoms with Gasteiger partial charge in [0.2, 0.25) is 0 Å². The predicted molar refractivity (Wildman–Crippen MR) is 126 cm³/mol. The number of nitrogens with one attached hydrogen (secondary N) is 2. The molecule has 2 aromatic carbocycles. The van der Waals surface area contributed by atoms with Crippen molar-refractivity contribution in [2.75, 3.05) is 45.9 Å². The minimum atomic E-state index is 0.199. The summed E-state index contributed by atoms with van der Waals surface area (Å²) in [6, 6.07) is 14.3. The van der Waals surface area contributed by atoms with Gasteiger partial charge in [-0.1, -0.05) is 25.1 Å². The van der Waals surface area contributed by atoms with Gasteiger partial charge < -0.3 is 29.6 Å². The van der Waals surface area contributed by atoms with Crippen molar-refractivity contribution in [1.82, 2.24) is 19.8 Å². The molecule has 3 heterocycles. The highest BCUT2D eigenvalue weighted by atomic mass is 16.5. The highest BCUT2D eigenvalue weighted by Gasteiger charge is 2.15. The van der Waals surface area contributed by atoms with Gasteiger partial charge in [0.1, 0.15) is 5.75 Å². The number of nitrogens with zero attached hydrogens (tertiary/aromatic N) is 2. The normalized spacial score (nSPS) is 15.8. The molecule has 6 heteroatoms. The fourth-order valence-corrected chi connectivity index (χ4v) is 4.55. The summed E-state index contributed by atoms with van der Waals surface area (Å²) in [5, 5.41) is 13.2. The van der Waals surface area contributed by atoms with Crippen LogP contribution in [-0.2, 0) is 0 Å². The molecule has 0 unspecified atom stereocenters. The van der Waals surface area contributed by atoms with Gasteiger partial charge in [0.05, 0.1) is 12.0 Å². The van der Waals surface area contributed by atoms with Crippen molar-refractivity contribution in [3.8, 4) is 22.9 Å². The molecular formula is C25H30N4O2. The van der Waals surface area contributed by atoms with Crippen molar-refractivity contribution >= 4 is 21.7 Å². The molecule has 0 amide bonds. The lowest BCUT2D eigenvalue weighted by Crippen LogP contribution is -2.46. The van der Waals surface area contributed by atoms with Crippen molar-refractivity contribution in [2.24, 2.45) is 0 Å². The molecule has 31 heavy (non-hydrogen) atoms. The van der Waals surface area contributed by atoms with Gasteiger partial charge in [-0.3, -0.25) is 0 Å². The van der Waals surface area contributed by atoms with E-state index < -0.39 is 0 Å². The number of rotatable bonds is 7. The van der Waals surface area contributed by atoms with Crippen molar-refractivity contribution in [3.05, 3.63) is 48.7 Å². The van der Waals surface area contributed by atoms with Crippen LogP contribution in [0.15, 0.2) is 48.7 Å². The number of aromatic nitrogens is 2. The zero-order valence-corrected chi connectivity index (χ0v) is 18.0. The first-order valence-electron chi connectivity index (χ1n) is 11.2. The molecule has 0 atom stereocenters. The zero-order valence-electron chi connectivity index (χ0n) is 18.0. The number of hydrogen-bond donors (Lipinski definition) is 3. The first-order valence-corrected chi connectivity index (χ1v) is 11.2. The minimum absolute atomic E-state index is 0.199. The molecule has 1 fully saturated rings. The minimum Gasteiger partial charge on any atom is -0.494 e. The Morgan fingerprint density at radius 1 is 1.00 bits per heavy atom. The average Bonchev–Trinajstić information content (AvgIpc) is 3.40. The maximum absolute atomic E-state index is 10.2. The highest BCUT2D eigenvalue weighted by Crippen LogP contribution is 2.35. The van der Waals surface area contributed by atoms with E-state index in [1.54, 1.807) is 0 Å². The smallest absolute Gasteiger partial charge is 0.197 e. The number of piperazine rings is 1. The summed E-state index contributed by atoms with van der Waals surface area (Å²) in [4.78, 5) is 11.4. The molecule has 0 saturated carbocycles. The van der Waals surface area contributed by atoms with E-state index in [1.165, 1.54) is 13.1 Å². The largest absolute Gasteiger partial charge is 0.494 e. The van der Waals surface area contributed by atoms with E-state index in [9.17, 15) is 5.11 Å². The Balaban J connectivity index is 1.23. The third kappa shape index (κ3) is 4.13. The summed E-state index contributed by atoms with van der Waals surface area (Å²) < 4.78 is 6.04. The number of hydrogen-bond acceptors (Lipinski definition) is 4. The van der Waals surface area contributed by atoms with Gasteiger partial charge in [0.25, 0.3) is 0 Å². The van der Waals surface area contributed by atoms with Crippen LogP contribution in [0, 0.1) is 0 Å². The predicted octanol–water partition coefficient (Wildman–Crippen LogP) is 4.43.